The molecule has 0 spiro atoms. The van der Waals surface area contributed by atoms with Gasteiger partial charge in [0.15, 0.2) is 5.96 Å². The van der Waals surface area contributed by atoms with Gasteiger partial charge in [-0.05, 0) is 51.3 Å². The molecule has 1 aliphatic heterocycles. The molecule has 0 radical (unpaired) electrons. The van der Waals surface area contributed by atoms with E-state index in [1.807, 2.05) is 25.2 Å². The Kier molecular flexibility index (Phi) is 9.27. The van der Waals surface area contributed by atoms with E-state index in [0.29, 0.717) is 12.5 Å². The summed E-state index contributed by atoms with van der Waals surface area (Å²) in [5.41, 5.74) is 2.22. The summed E-state index contributed by atoms with van der Waals surface area (Å²) in [4.78, 5) is 6.85. The van der Waals surface area contributed by atoms with Crippen molar-refractivity contribution in [2.75, 3.05) is 31.6 Å². The second kappa shape index (κ2) is 11.4. The second-order valence-corrected chi connectivity index (χ2v) is 8.57. The molecule has 1 heterocycles. The molecule has 1 atom stereocenters. The third-order valence-corrected chi connectivity index (χ3v) is 5.02. The molecule has 5 nitrogen and oxygen atoms in total. The summed E-state index contributed by atoms with van der Waals surface area (Å²) < 4.78 is 6.09. The van der Waals surface area contributed by atoms with Crippen LogP contribution in [0.3, 0.4) is 0 Å². The molecule has 3 rings (SSSR count). The highest BCUT2D eigenvalue weighted by Gasteiger charge is 2.22. The van der Waals surface area contributed by atoms with Gasteiger partial charge in [0.25, 0.3) is 0 Å². The molecule has 164 valence electrons. The maximum Gasteiger partial charge on any atom is 0.191 e. The molecule has 0 aromatic heterocycles. The minimum absolute atomic E-state index is 0. The molecule has 0 aliphatic carbocycles. The van der Waals surface area contributed by atoms with Crippen LogP contribution in [0.5, 0.6) is 5.75 Å². The minimum atomic E-state index is -0.219. The zero-order valence-corrected chi connectivity index (χ0v) is 20.9. The van der Waals surface area contributed by atoms with Crippen molar-refractivity contribution in [2.24, 2.45) is 10.9 Å². The molecule has 6 heteroatoms. The zero-order valence-electron chi connectivity index (χ0n) is 18.5. The second-order valence-electron chi connectivity index (χ2n) is 8.57. The van der Waals surface area contributed by atoms with Crippen LogP contribution in [0, 0.1) is 5.92 Å². The number of aliphatic imine (C=N–C) groups is 1. The molecule has 1 saturated heterocycles. The van der Waals surface area contributed by atoms with Crippen molar-refractivity contribution in [1.29, 1.82) is 0 Å². The van der Waals surface area contributed by atoms with Crippen LogP contribution in [-0.4, -0.2) is 38.2 Å². The first-order valence-electron chi connectivity index (χ1n) is 10.5. The fraction of sp³-hybridized carbons (Fsp3) is 0.458. The Morgan fingerprint density at radius 2 is 1.77 bits per heavy atom. The monoisotopic (exact) mass is 522 g/mol. The third kappa shape index (κ3) is 7.38. The molecule has 1 aliphatic rings. The summed E-state index contributed by atoms with van der Waals surface area (Å²) in [7, 11) is 1.82. The van der Waals surface area contributed by atoms with E-state index in [1.54, 1.807) is 0 Å². The van der Waals surface area contributed by atoms with Gasteiger partial charge in [-0.3, -0.25) is 4.99 Å². The van der Waals surface area contributed by atoms with Crippen molar-refractivity contribution in [3.63, 3.8) is 0 Å². The van der Waals surface area contributed by atoms with E-state index in [0.717, 1.165) is 36.9 Å². The summed E-state index contributed by atoms with van der Waals surface area (Å²) in [5, 5.41) is 6.92. The molecular weight excluding hydrogens is 487 g/mol. The fourth-order valence-electron chi connectivity index (χ4n) is 3.59. The van der Waals surface area contributed by atoms with Gasteiger partial charge in [0.1, 0.15) is 11.4 Å². The van der Waals surface area contributed by atoms with E-state index in [1.165, 1.54) is 12.1 Å². The van der Waals surface area contributed by atoms with Gasteiger partial charge in [-0.15, -0.1) is 24.0 Å². The topological polar surface area (TPSA) is 48.9 Å². The van der Waals surface area contributed by atoms with Crippen LogP contribution in [0.4, 0.5) is 5.69 Å². The Morgan fingerprint density at radius 1 is 1.07 bits per heavy atom. The SMILES string of the molecule is CN=C(NCc1ccccc1OC(C)(C)C)NCC1CCN(c2ccccc2)C1.I. The minimum Gasteiger partial charge on any atom is -0.488 e. The van der Waals surface area contributed by atoms with Gasteiger partial charge in [-0.25, -0.2) is 0 Å². The van der Waals surface area contributed by atoms with Gasteiger partial charge < -0.3 is 20.3 Å². The standard InChI is InChI=1S/C24H34N4O.HI/c1-24(2,3)29-22-13-9-8-10-20(22)17-27-23(25-4)26-16-19-14-15-28(18-19)21-11-6-5-7-12-21;/h5-13,19H,14-18H2,1-4H3,(H2,25,26,27);1H. The number of halogens is 1. The number of ether oxygens (including phenoxy) is 1. The fourth-order valence-corrected chi connectivity index (χ4v) is 3.59. The zero-order chi connectivity index (χ0) is 20.7. The van der Waals surface area contributed by atoms with Crippen LogP contribution in [0.15, 0.2) is 59.6 Å². The Bertz CT molecular complexity index is 804. The maximum atomic E-state index is 6.09. The van der Waals surface area contributed by atoms with Crippen molar-refractivity contribution in [1.82, 2.24) is 10.6 Å². The Labute approximate surface area is 198 Å². The first-order valence-corrected chi connectivity index (χ1v) is 10.5. The highest BCUT2D eigenvalue weighted by Crippen LogP contribution is 2.24. The van der Waals surface area contributed by atoms with Crippen molar-refractivity contribution >= 4 is 35.6 Å². The molecule has 2 N–H and O–H groups in total. The van der Waals surface area contributed by atoms with E-state index >= 15 is 0 Å². The number of guanidine groups is 1. The number of hydrogen-bond acceptors (Lipinski definition) is 3. The lowest BCUT2D eigenvalue weighted by Gasteiger charge is -2.23. The molecule has 0 bridgehead atoms. The van der Waals surface area contributed by atoms with Crippen LogP contribution in [0.1, 0.15) is 32.8 Å². The average Bonchev–Trinajstić information content (AvgIpc) is 3.18. The summed E-state index contributed by atoms with van der Waals surface area (Å²) in [6, 6.07) is 18.8. The van der Waals surface area contributed by atoms with Crippen LogP contribution >= 0.6 is 24.0 Å². The molecule has 2 aromatic carbocycles. The quantitative estimate of drug-likeness (QED) is 0.329. The summed E-state index contributed by atoms with van der Waals surface area (Å²) in [6.07, 6.45) is 1.20. The summed E-state index contributed by atoms with van der Waals surface area (Å²) in [5.74, 6) is 2.36. The first-order chi connectivity index (χ1) is 13.9. The molecule has 30 heavy (non-hydrogen) atoms. The molecule has 1 fully saturated rings. The Morgan fingerprint density at radius 3 is 2.47 bits per heavy atom. The number of para-hydroxylation sites is 2. The number of rotatable bonds is 6. The molecule has 2 aromatic rings. The number of nitrogens with one attached hydrogen (secondary N) is 2. The number of hydrogen-bond donors (Lipinski definition) is 2. The number of nitrogens with zero attached hydrogens (tertiary/aromatic N) is 2. The first kappa shape index (κ1) is 24.3. The largest absolute Gasteiger partial charge is 0.488 e. The predicted octanol–water partition coefficient (Wildman–Crippen LogP) is 4.67. The van der Waals surface area contributed by atoms with Gasteiger partial charge in [-0.1, -0.05) is 36.4 Å². The van der Waals surface area contributed by atoms with E-state index in [-0.39, 0.29) is 29.6 Å². The predicted molar refractivity (Wildman–Crippen MR) is 137 cm³/mol. The third-order valence-electron chi connectivity index (χ3n) is 5.02. The van der Waals surface area contributed by atoms with Crippen molar-refractivity contribution in [3.05, 3.63) is 60.2 Å². The van der Waals surface area contributed by atoms with E-state index in [4.69, 9.17) is 4.74 Å². The van der Waals surface area contributed by atoms with Gasteiger partial charge >= 0.3 is 0 Å². The number of anilines is 1. The average molecular weight is 522 g/mol. The highest BCUT2D eigenvalue weighted by molar-refractivity contribution is 14.0. The van der Waals surface area contributed by atoms with Crippen LogP contribution in [0.2, 0.25) is 0 Å². The normalized spacial score (nSPS) is 16.7. The molecule has 0 amide bonds. The van der Waals surface area contributed by atoms with Gasteiger partial charge in [-0.2, -0.15) is 0 Å². The molecule has 0 saturated carbocycles. The van der Waals surface area contributed by atoms with Crippen molar-refractivity contribution in [2.45, 2.75) is 39.3 Å². The van der Waals surface area contributed by atoms with Crippen molar-refractivity contribution < 1.29 is 4.74 Å². The lowest BCUT2D eigenvalue weighted by molar-refractivity contribution is 0.129. The summed E-state index contributed by atoms with van der Waals surface area (Å²) in [6.45, 7) is 9.99. The van der Waals surface area contributed by atoms with Gasteiger partial charge in [0.05, 0.1) is 0 Å². The number of benzene rings is 2. The van der Waals surface area contributed by atoms with Crippen molar-refractivity contribution in [3.8, 4) is 5.75 Å². The van der Waals surface area contributed by atoms with E-state index < -0.39 is 0 Å². The van der Waals surface area contributed by atoms with E-state index in [9.17, 15) is 0 Å². The Hall–Kier alpha value is -1.96. The van der Waals surface area contributed by atoms with Gasteiger partial charge in [0, 0.05) is 44.5 Å². The van der Waals surface area contributed by atoms with Gasteiger partial charge in [0.2, 0.25) is 0 Å². The lowest BCUT2D eigenvalue weighted by Crippen LogP contribution is -2.40. The highest BCUT2D eigenvalue weighted by atomic mass is 127. The summed E-state index contributed by atoms with van der Waals surface area (Å²) >= 11 is 0. The van der Waals surface area contributed by atoms with Crippen LogP contribution < -0.4 is 20.3 Å². The van der Waals surface area contributed by atoms with Crippen LogP contribution in [0.25, 0.3) is 0 Å². The molecule has 1 unspecified atom stereocenters. The Balaban J connectivity index is 0.00000320. The van der Waals surface area contributed by atoms with Crippen LogP contribution in [-0.2, 0) is 6.54 Å². The molecular formula is C24H35IN4O. The smallest absolute Gasteiger partial charge is 0.191 e. The maximum absolute atomic E-state index is 6.09. The van der Waals surface area contributed by atoms with E-state index in [2.05, 4.69) is 77.7 Å². The lowest BCUT2D eigenvalue weighted by atomic mass is 10.1.